The molecular weight excluding hydrogens is 1170 g/mol. The number of ether oxygens (including phenoxy) is 6. The summed E-state index contributed by atoms with van der Waals surface area (Å²) in [6.07, 6.45) is 3.41. The number of likely N-dealkylation sites (N-methyl/N-ethyl adjacent to an activating group) is 1. The van der Waals surface area contributed by atoms with Gasteiger partial charge in [-0.3, -0.25) is 43.9 Å². The maximum absolute atomic E-state index is 14.4. The molecule has 4 aliphatic rings. The first-order valence-electron chi connectivity index (χ1n) is 29.1. The second kappa shape index (κ2) is 30.7. The average molecular weight is 1250 g/mol. The van der Waals surface area contributed by atoms with Crippen LogP contribution in [0.25, 0.3) is 0 Å². The van der Waals surface area contributed by atoms with E-state index >= 15 is 0 Å². The molecule has 88 heavy (non-hydrogen) atoms. The number of methoxy groups -OCH3 is 2. The van der Waals surface area contributed by atoms with E-state index in [0.29, 0.717) is 48.4 Å². The molecule has 0 aromatic heterocycles. The number of alkyl carbamates (subject to hydrolysis) is 1. The molecular formula is C61H82ClN9O17. The number of allylic oxidation sites excluding steroid dienone is 3. The Kier molecular flexibility index (Phi) is 24.1. The van der Waals surface area contributed by atoms with Crippen molar-refractivity contribution < 1.29 is 81.5 Å². The van der Waals surface area contributed by atoms with E-state index in [4.69, 9.17) is 45.8 Å². The number of hydrogen-bond donors (Lipinski definition) is 7. The number of carbonyl (C=O) groups is 10. The number of aliphatic hydroxyl groups is 1. The molecule has 26 nitrogen and oxygen atoms in total. The molecule has 8 unspecified atom stereocenters. The van der Waals surface area contributed by atoms with Gasteiger partial charge >= 0.3 is 24.2 Å². The lowest BCUT2D eigenvalue weighted by Crippen LogP contribution is -2.63. The van der Waals surface area contributed by atoms with Crippen molar-refractivity contribution >= 4 is 82.6 Å². The lowest BCUT2D eigenvalue weighted by Gasteiger charge is -2.42. The largest absolute Gasteiger partial charge is 0.495 e. The molecule has 4 bridgehead atoms. The summed E-state index contributed by atoms with van der Waals surface area (Å²) in [5.74, 6) is -4.54. The molecule has 2 fully saturated rings. The minimum atomic E-state index is -1.91. The standard InChI is InChI=1S/C61H82ClN9O17/c1-34(2)52(67-47(72)19-12-11-13-27-71-48(73)24-25-49(71)74)55(77)66-41(17-15-26-64-57(63)79)54(76)65-40-22-20-38(21-23-40)33-85-59(81)69(7)37(5)56(78)87-46-31-50(75)70(8)42-29-39(30-43(83-9)51(42)62)28-35(3)16-14-18-45(84-10)61(82)32-44(86-58(80)68-61)36(4)53-60(46,6)88-53/h14,16,18,20-25,29-30,34,36-37,41,44-46,52-53,82H,11-13,15,17,19,26-28,31-33H2,1-10H3,(H,65,76)(H,66,77)(H,67,72)(H,68,80)(H3,63,64,79)/b18-14+,35-16+/t36?,37-,41?,44?,45?,46?,52-,53?,60?,61?/m0/s1. The molecule has 0 aliphatic carbocycles. The second-order valence-electron chi connectivity index (χ2n) is 23.0. The van der Waals surface area contributed by atoms with Crippen LogP contribution >= 0.6 is 11.6 Å². The Morgan fingerprint density at radius 2 is 1.66 bits per heavy atom. The number of nitrogens with one attached hydrogen (secondary N) is 5. The highest BCUT2D eigenvalue weighted by molar-refractivity contribution is 6.35. The molecule has 2 aromatic rings. The van der Waals surface area contributed by atoms with Gasteiger partial charge in [-0.25, -0.2) is 19.2 Å². The lowest BCUT2D eigenvalue weighted by molar-refractivity contribution is -0.158. The van der Waals surface area contributed by atoms with Gasteiger partial charge in [0.1, 0.15) is 59.4 Å². The molecule has 10 atom stereocenters. The van der Waals surface area contributed by atoms with Crippen molar-refractivity contribution in [3.05, 3.63) is 88.5 Å². The van der Waals surface area contributed by atoms with Crippen LogP contribution in [0.2, 0.25) is 5.02 Å². The first-order valence-corrected chi connectivity index (χ1v) is 29.5. The Morgan fingerprint density at radius 1 is 0.966 bits per heavy atom. The first kappa shape index (κ1) is 69.0. The number of primary amides is 1. The van der Waals surface area contributed by atoms with Crippen molar-refractivity contribution in [2.75, 3.05) is 51.6 Å². The van der Waals surface area contributed by atoms with Gasteiger partial charge < -0.3 is 65.4 Å². The summed E-state index contributed by atoms with van der Waals surface area (Å²) in [5, 5.41) is 25.3. The quantitative estimate of drug-likeness (QED) is 0.0258. The first-order chi connectivity index (χ1) is 41.6. The summed E-state index contributed by atoms with van der Waals surface area (Å²) < 4.78 is 35.0. The van der Waals surface area contributed by atoms with Gasteiger partial charge in [-0.2, -0.15) is 0 Å². The van der Waals surface area contributed by atoms with Crippen LogP contribution in [0.15, 0.2) is 72.4 Å². The van der Waals surface area contributed by atoms with Gasteiger partial charge in [0, 0.05) is 70.9 Å². The van der Waals surface area contributed by atoms with E-state index in [9.17, 15) is 53.1 Å². The topological polar surface area (TPSA) is 346 Å². The predicted octanol–water partition coefficient (Wildman–Crippen LogP) is 4.82. The van der Waals surface area contributed by atoms with Crippen LogP contribution in [-0.4, -0.2) is 170 Å². The molecule has 8 N–H and O–H groups in total. The molecule has 27 heteroatoms. The number of hydrogen-bond acceptors (Lipinski definition) is 17. The normalized spacial score (nSPS) is 24.7. The van der Waals surface area contributed by atoms with Crippen molar-refractivity contribution in [3.63, 3.8) is 0 Å². The van der Waals surface area contributed by atoms with Crippen LogP contribution in [0, 0.1) is 11.8 Å². The van der Waals surface area contributed by atoms with E-state index in [-0.39, 0.29) is 68.1 Å². The van der Waals surface area contributed by atoms with Gasteiger partial charge in [-0.1, -0.05) is 74.7 Å². The summed E-state index contributed by atoms with van der Waals surface area (Å²) in [6.45, 7) is 10.2. The summed E-state index contributed by atoms with van der Waals surface area (Å²) in [4.78, 5) is 134. The van der Waals surface area contributed by atoms with Crippen LogP contribution < -0.4 is 42.0 Å². The van der Waals surface area contributed by atoms with Gasteiger partial charge in [0.15, 0.2) is 5.72 Å². The van der Waals surface area contributed by atoms with Gasteiger partial charge in [-0.15, -0.1) is 0 Å². The summed E-state index contributed by atoms with van der Waals surface area (Å²) in [7, 11) is 5.70. The number of unbranched alkanes of at least 4 members (excludes halogenated alkanes) is 2. The summed E-state index contributed by atoms with van der Waals surface area (Å²) >= 11 is 6.83. The van der Waals surface area contributed by atoms with Crippen molar-refractivity contribution in [2.24, 2.45) is 17.6 Å². The van der Waals surface area contributed by atoms with E-state index < -0.39 is 114 Å². The SMILES string of the molecule is COc1cc2cc(c1Cl)N(C)C(=O)CC(OC(=O)[C@H](C)N(C)C(=O)OCc1ccc(NC(=O)C(CCCNC(N)=O)NC(=O)[C@@H](NC(=O)CCCCCN3C(=O)C=CC3=O)C(C)C)cc1)C1(C)OC1C(C)C1CC(O)(NC(=O)O1)C(OC)/C=C/C=C(\C)C2. The van der Waals surface area contributed by atoms with Gasteiger partial charge in [-0.05, 0) is 94.2 Å². The smallest absolute Gasteiger partial charge is 0.410 e. The maximum Gasteiger partial charge on any atom is 0.410 e. The zero-order chi connectivity index (χ0) is 64.8. The average Bonchev–Trinajstić information content (AvgIpc) is 1.82. The fraction of sp³-hybridized carbons (Fsp3) is 0.541. The minimum Gasteiger partial charge on any atom is -0.495 e. The highest BCUT2D eigenvalue weighted by atomic mass is 35.5. The summed E-state index contributed by atoms with van der Waals surface area (Å²) in [5.41, 5.74) is 4.68. The number of epoxide rings is 1. The van der Waals surface area contributed by atoms with Crippen LogP contribution in [0.1, 0.15) is 104 Å². The third kappa shape index (κ3) is 18.0. The molecule has 2 saturated heterocycles. The molecule has 0 saturated carbocycles. The fourth-order valence-corrected chi connectivity index (χ4v) is 10.8. The van der Waals surface area contributed by atoms with Gasteiger partial charge in [0.05, 0.1) is 25.3 Å². The third-order valence-electron chi connectivity index (χ3n) is 16.1. The van der Waals surface area contributed by atoms with Crippen molar-refractivity contribution in [1.29, 1.82) is 0 Å². The van der Waals surface area contributed by atoms with E-state index in [0.717, 1.165) is 20.9 Å². The highest BCUT2D eigenvalue weighted by Gasteiger charge is 2.64. The van der Waals surface area contributed by atoms with Crippen molar-refractivity contribution in [1.82, 2.24) is 31.1 Å². The number of anilines is 2. The number of amides is 10. The van der Waals surface area contributed by atoms with Crippen LogP contribution in [0.5, 0.6) is 5.75 Å². The number of benzene rings is 2. The predicted molar refractivity (Wildman–Crippen MR) is 321 cm³/mol. The number of urea groups is 1. The van der Waals surface area contributed by atoms with Crippen LogP contribution in [-0.2, 0) is 70.3 Å². The van der Waals surface area contributed by atoms with E-state index in [1.807, 2.05) is 13.0 Å². The Labute approximate surface area is 516 Å². The maximum atomic E-state index is 14.4. The van der Waals surface area contributed by atoms with Crippen LogP contribution in [0.3, 0.4) is 0 Å². The van der Waals surface area contributed by atoms with E-state index in [1.165, 1.54) is 52.3 Å². The molecule has 4 heterocycles. The number of esters is 1. The Hall–Kier alpha value is -8.07. The highest BCUT2D eigenvalue weighted by Crippen LogP contribution is 2.49. The van der Waals surface area contributed by atoms with Crippen molar-refractivity contribution in [2.45, 2.75) is 160 Å². The fourth-order valence-electron chi connectivity index (χ4n) is 10.5. The number of carbonyl (C=O) groups excluding carboxylic acids is 10. The minimum absolute atomic E-state index is 0.0698. The number of halogens is 1. The summed E-state index contributed by atoms with van der Waals surface area (Å²) in [6, 6.07) is 5.55. The van der Waals surface area contributed by atoms with Gasteiger partial charge in [0.25, 0.3) is 11.8 Å². The number of fused-ring (bicyclic) bond motifs is 5. The van der Waals surface area contributed by atoms with Crippen LogP contribution in [0.4, 0.5) is 25.8 Å². The second-order valence-corrected chi connectivity index (χ2v) is 23.4. The van der Waals surface area contributed by atoms with E-state index in [1.54, 1.807) is 76.2 Å². The number of nitrogens with zero attached hydrogens (tertiary/aromatic N) is 3. The Balaban J connectivity index is 1.09. The molecule has 6 rings (SSSR count). The molecule has 0 spiro atoms. The number of imide groups is 1. The monoisotopic (exact) mass is 1250 g/mol. The van der Waals surface area contributed by atoms with E-state index in [2.05, 4.69) is 26.6 Å². The molecule has 2 aromatic carbocycles. The third-order valence-corrected chi connectivity index (χ3v) is 16.4. The van der Waals surface area contributed by atoms with Gasteiger partial charge in [0.2, 0.25) is 23.6 Å². The number of nitrogens with two attached hydrogens (primary N) is 1. The zero-order valence-corrected chi connectivity index (χ0v) is 52.1. The number of rotatable bonds is 23. The van der Waals surface area contributed by atoms with Crippen molar-refractivity contribution in [3.8, 4) is 5.75 Å². The Bertz CT molecular complexity index is 3010. The Morgan fingerprint density at radius 3 is 2.31 bits per heavy atom. The molecule has 480 valence electrons. The zero-order valence-electron chi connectivity index (χ0n) is 51.3. The molecule has 0 radical (unpaired) electrons. The lowest BCUT2D eigenvalue weighted by atomic mass is 9.83. The molecule has 10 amide bonds. The molecule has 4 aliphatic heterocycles.